The first-order valence-electron chi connectivity index (χ1n) is 5.79. The van der Waals surface area contributed by atoms with E-state index in [1.807, 2.05) is 44.2 Å². The van der Waals surface area contributed by atoms with Gasteiger partial charge in [-0.05, 0) is 19.4 Å². The lowest BCUT2D eigenvalue weighted by molar-refractivity contribution is -0.137. The van der Waals surface area contributed by atoms with E-state index >= 15 is 0 Å². The van der Waals surface area contributed by atoms with Crippen molar-refractivity contribution in [2.75, 3.05) is 0 Å². The Morgan fingerprint density at radius 2 is 2.00 bits per heavy atom. The molecule has 1 aromatic carbocycles. The maximum absolute atomic E-state index is 11.0. The van der Waals surface area contributed by atoms with Crippen LogP contribution in [-0.2, 0) is 4.79 Å². The highest BCUT2D eigenvalue weighted by atomic mass is 16.5. The Kier molecular flexibility index (Phi) is 3.46. The zero-order valence-electron chi connectivity index (χ0n) is 10.4. The quantitative estimate of drug-likeness (QED) is 0.899. The molecule has 0 radical (unpaired) electrons. The van der Waals surface area contributed by atoms with Gasteiger partial charge in [-0.25, -0.2) is 0 Å². The summed E-state index contributed by atoms with van der Waals surface area (Å²) in [5.74, 6) is -0.360. The van der Waals surface area contributed by atoms with E-state index in [0.717, 1.165) is 16.8 Å². The smallest absolute Gasteiger partial charge is 0.304 e. The zero-order valence-corrected chi connectivity index (χ0v) is 10.4. The van der Waals surface area contributed by atoms with Crippen molar-refractivity contribution in [2.45, 2.75) is 26.2 Å². The maximum Gasteiger partial charge on any atom is 0.304 e. The molecule has 0 aliphatic heterocycles. The van der Waals surface area contributed by atoms with Crippen molar-refractivity contribution in [3.63, 3.8) is 0 Å². The van der Waals surface area contributed by atoms with Gasteiger partial charge in [0.25, 0.3) is 0 Å². The van der Waals surface area contributed by atoms with Crippen LogP contribution in [-0.4, -0.2) is 16.2 Å². The molecule has 1 N–H and O–H groups in total. The van der Waals surface area contributed by atoms with E-state index in [-0.39, 0.29) is 12.3 Å². The van der Waals surface area contributed by atoms with Gasteiger partial charge in [0.15, 0.2) is 0 Å². The van der Waals surface area contributed by atoms with Gasteiger partial charge < -0.3 is 9.63 Å². The molecule has 2 rings (SSSR count). The van der Waals surface area contributed by atoms with E-state index in [0.29, 0.717) is 5.76 Å². The van der Waals surface area contributed by atoms with Gasteiger partial charge in [0.1, 0.15) is 5.76 Å². The monoisotopic (exact) mass is 245 g/mol. The van der Waals surface area contributed by atoms with E-state index in [2.05, 4.69) is 5.16 Å². The van der Waals surface area contributed by atoms with Gasteiger partial charge in [0.05, 0.1) is 12.1 Å². The maximum atomic E-state index is 11.0. The Balaban J connectivity index is 2.47. The largest absolute Gasteiger partial charge is 0.481 e. The van der Waals surface area contributed by atoms with Crippen LogP contribution < -0.4 is 0 Å². The lowest BCUT2D eigenvalue weighted by Crippen LogP contribution is -2.09. The average Bonchev–Trinajstić information content (AvgIpc) is 2.67. The first-order chi connectivity index (χ1) is 8.59. The van der Waals surface area contributed by atoms with Gasteiger partial charge in [-0.1, -0.05) is 35.5 Å². The standard InChI is InChI=1S/C14H15NO3/c1-9-14(10(2)18-15-9)12(8-13(16)17)11-6-4-3-5-7-11/h3-7,12H,8H2,1-2H3,(H,16,17). The van der Waals surface area contributed by atoms with Gasteiger partial charge in [-0.15, -0.1) is 0 Å². The summed E-state index contributed by atoms with van der Waals surface area (Å²) in [7, 11) is 0. The lowest BCUT2D eigenvalue weighted by Gasteiger charge is -2.15. The number of aryl methyl sites for hydroxylation is 2. The number of rotatable bonds is 4. The van der Waals surface area contributed by atoms with Crippen molar-refractivity contribution >= 4 is 5.97 Å². The minimum atomic E-state index is -0.830. The summed E-state index contributed by atoms with van der Waals surface area (Å²) >= 11 is 0. The molecule has 0 saturated heterocycles. The van der Waals surface area contributed by atoms with E-state index in [1.54, 1.807) is 0 Å². The molecule has 4 nitrogen and oxygen atoms in total. The Hall–Kier alpha value is -2.10. The normalized spacial score (nSPS) is 12.3. The van der Waals surface area contributed by atoms with Gasteiger partial charge in [0, 0.05) is 11.5 Å². The number of aliphatic carboxylic acids is 1. The van der Waals surface area contributed by atoms with Crippen molar-refractivity contribution in [3.05, 3.63) is 52.9 Å². The van der Waals surface area contributed by atoms with Gasteiger partial charge in [-0.3, -0.25) is 4.79 Å². The van der Waals surface area contributed by atoms with Crippen LogP contribution in [0.5, 0.6) is 0 Å². The number of hydrogen-bond donors (Lipinski definition) is 1. The highest BCUT2D eigenvalue weighted by Gasteiger charge is 2.24. The van der Waals surface area contributed by atoms with Crippen molar-refractivity contribution in [1.82, 2.24) is 5.16 Å². The van der Waals surface area contributed by atoms with Crippen LogP contribution in [0.15, 0.2) is 34.9 Å². The molecule has 0 aliphatic rings. The molecule has 1 unspecified atom stereocenters. The van der Waals surface area contributed by atoms with E-state index < -0.39 is 5.97 Å². The Labute approximate surface area is 105 Å². The van der Waals surface area contributed by atoms with E-state index in [4.69, 9.17) is 9.63 Å². The molecular weight excluding hydrogens is 230 g/mol. The fourth-order valence-corrected chi connectivity index (χ4v) is 2.23. The molecule has 0 saturated carbocycles. The third kappa shape index (κ3) is 2.42. The van der Waals surface area contributed by atoms with E-state index in [1.165, 1.54) is 0 Å². The predicted molar refractivity (Wildman–Crippen MR) is 66.5 cm³/mol. The third-order valence-corrected chi connectivity index (χ3v) is 3.02. The van der Waals surface area contributed by atoms with Crippen LogP contribution >= 0.6 is 0 Å². The molecular formula is C14H15NO3. The first-order valence-corrected chi connectivity index (χ1v) is 5.79. The summed E-state index contributed by atoms with van der Waals surface area (Å²) in [6.07, 6.45) is 0.0346. The van der Waals surface area contributed by atoms with Crippen LogP contribution in [0.2, 0.25) is 0 Å². The molecule has 0 amide bonds. The molecule has 0 fully saturated rings. The minimum Gasteiger partial charge on any atom is -0.481 e. The zero-order chi connectivity index (χ0) is 13.1. The van der Waals surface area contributed by atoms with Crippen molar-refractivity contribution in [1.29, 1.82) is 0 Å². The highest BCUT2D eigenvalue weighted by molar-refractivity contribution is 5.69. The van der Waals surface area contributed by atoms with Gasteiger partial charge >= 0.3 is 5.97 Å². The Bertz CT molecular complexity index is 526. The van der Waals surface area contributed by atoms with Crippen LogP contribution in [0, 0.1) is 13.8 Å². The van der Waals surface area contributed by atoms with Gasteiger partial charge in [0.2, 0.25) is 0 Å². The van der Waals surface area contributed by atoms with Crippen molar-refractivity contribution in [2.24, 2.45) is 0 Å². The number of nitrogens with zero attached hydrogens (tertiary/aromatic N) is 1. The summed E-state index contributed by atoms with van der Waals surface area (Å²) in [6, 6.07) is 9.58. The van der Waals surface area contributed by atoms with Crippen molar-refractivity contribution < 1.29 is 14.4 Å². The minimum absolute atomic E-state index is 0.0346. The molecule has 0 aliphatic carbocycles. The number of benzene rings is 1. The second-order valence-electron chi connectivity index (χ2n) is 4.30. The molecule has 2 aromatic rings. The highest BCUT2D eigenvalue weighted by Crippen LogP contribution is 2.32. The predicted octanol–water partition coefficient (Wildman–Crippen LogP) is 2.90. The number of aromatic nitrogens is 1. The number of carbonyl (C=O) groups is 1. The Morgan fingerprint density at radius 1 is 1.33 bits per heavy atom. The fraction of sp³-hybridized carbons (Fsp3) is 0.286. The van der Waals surface area contributed by atoms with E-state index in [9.17, 15) is 4.79 Å². The molecule has 4 heteroatoms. The molecule has 94 valence electrons. The summed E-state index contributed by atoms with van der Waals surface area (Å²) in [4.78, 5) is 11.0. The van der Waals surface area contributed by atoms with Crippen LogP contribution in [0.4, 0.5) is 0 Å². The first kappa shape index (κ1) is 12.4. The molecule has 0 spiro atoms. The summed E-state index contributed by atoms with van der Waals surface area (Å²) < 4.78 is 5.14. The summed E-state index contributed by atoms with van der Waals surface area (Å²) in [5.41, 5.74) is 2.60. The van der Waals surface area contributed by atoms with Crippen LogP contribution in [0.3, 0.4) is 0 Å². The number of hydrogen-bond acceptors (Lipinski definition) is 3. The lowest BCUT2D eigenvalue weighted by atomic mass is 9.87. The molecule has 0 bridgehead atoms. The second kappa shape index (κ2) is 5.04. The SMILES string of the molecule is Cc1noc(C)c1C(CC(=O)O)c1ccccc1. The second-order valence-corrected chi connectivity index (χ2v) is 4.30. The Morgan fingerprint density at radius 3 is 2.50 bits per heavy atom. The van der Waals surface area contributed by atoms with Gasteiger partial charge in [-0.2, -0.15) is 0 Å². The van der Waals surface area contributed by atoms with Crippen LogP contribution in [0.1, 0.15) is 34.9 Å². The molecule has 1 atom stereocenters. The molecule has 18 heavy (non-hydrogen) atoms. The summed E-state index contributed by atoms with van der Waals surface area (Å²) in [5, 5.41) is 13.0. The number of carboxylic acids is 1. The fourth-order valence-electron chi connectivity index (χ4n) is 2.23. The number of carboxylic acid groups (broad SMARTS) is 1. The summed E-state index contributed by atoms with van der Waals surface area (Å²) in [6.45, 7) is 3.65. The molecule has 1 aromatic heterocycles. The third-order valence-electron chi connectivity index (χ3n) is 3.02. The topological polar surface area (TPSA) is 63.3 Å². The molecule has 1 heterocycles. The van der Waals surface area contributed by atoms with Crippen molar-refractivity contribution in [3.8, 4) is 0 Å². The van der Waals surface area contributed by atoms with Crippen LogP contribution in [0.25, 0.3) is 0 Å². The average molecular weight is 245 g/mol.